The van der Waals surface area contributed by atoms with Gasteiger partial charge in [0.2, 0.25) is 10.0 Å². The van der Waals surface area contributed by atoms with Crippen LogP contribution in [0, 0.1) is 0 Å². The highest BCUT2D eigenvalue weighted by Gasteiger charge is 2.25. The number of hydrogen-bond donors (Lipinski definition) is 3. The zero-order valence-corrected chi connectivity index (χ0v) is 11.0. The number of anilines is 1. The van der Waals surface area contributed by atoms with Crippen LogP contribution in [0.2, 0.25) is 0 Å². The minimum Gasteiger partial charge on any atom is -0.389 e. The molecule has 17 heavy (non-hydrogen) atoms. The number of nitrogen functional groups attached to an aromatic ring is 1. The van der Waals surface area contributed by atoms with Crippen molar-refractivity contribution in [3.05, 3.63) is 6.20 Å². The zero-order valence-electron chi connectivity index (χ0n) is 10.1. The number of nitrogens with two attached hydrogens (primary N) is 1. The number of aromatic nitrogens is 2. The fourth-order valence-electron chi connectivity index (χ4n) is 1.14. The molecule has 0 aromatic carbocycles. The second-order valence-corrected chi connectivity index (χ2v) is 5.96. The summed E-state index contributed by atoms with van der Waals surface area (Å²) in [6, 6.07) is 0. The average Bonchev–Trinajstić information content (AvgIpc) is 2.56. The molecular weight excluding hydrogens is 244 g/mol. The van der Waals surface area contributed by atoms with Crippen molar-refractivity contribution in [1.29, 1.82) is 0 Å². The summed E-state index contributed by atoms with van der Waals surface area (Å²) < 4.78 is 27.4. The topological polar surface area (TPSA) is 110 Å². The van der Waals surface area contributed by atoms with Gasteiger partial charge in [-0.1, -0.05) is 6.92 Å². The van der Waals surface area contributed by atoms with Gasteiger partial charge in [0.15, 0.2) is 5.82 Å². The summed E-state index contributed by atoms with van der Waals surface area (Å²) in [6.07, 6.45) is 1.76. The van der Waals surface area contributed by atoms with Gasteiger partial charge < -0.3 is 10.8 Å². The maximum absolute atomic E-state index is 11.9. The summed E-state index contributed by atoms with van der Waals surface area (Å²) in [4.78, 5) is -0.0769. The average molecular weight is 262 g/mol. The van der Waals surface area contributed by atoms with E-state index in [1.54, 1.807) is 20.9 Å². The molecule has 0 aliphatic heterocycles. The summed E-state index contributed by atoms with van der Waals surface area (Å²) >= 11 is 0. The highest BCUT2D eigenvalue weighted by Crippen LogP contribution is 2.16. The van der Waals surface area contributed by atoms with Crippen molar-refractivity contribution in [3.8, 4) is 0 Å². The molecule has 8 heteroatoms. The Kier molecular flexibility index (Phi) is 3.80. The zero-order chi connectivity index (χ0) is 13.3. The van der Waals surface area contributed by atoms with Gasteiger partial charge in [-0.25, -0.2) is 13.1 Å². The predicted molar refractivity (Wildman–Crippen MR) is 63.7 cm³/mol. The van der Waals surface area contributed by atoms with Gasteiger partial charge in [-0.2, -0.15) is 5.10 Å². The van der Waals surface area contributed by atoms with E-state index in [-0.39, 0.29) is 17.3 Å². The first kappa shape index (κ1) is 13.9. The Labute approximate surface area is 101 Å². The first-order valence-electron chi connectivity index (χ1n) is 5.19. The number of aliphatic hydroxyl groups is 1. The fraction of sp³-hybridized carbons (Fsp3) is 0.667. The lowest BCUT2D eigenvalue weighted by molar-refractivity contribution is 0.0613. The lowest BCUT2D eigenvalue weighted by Gasteiger charge is -2.21. The molecule has 0 bridgehead atoms. The molecule has 1 rings (SSSR count). The molecule has 1 unspecified atom stereocenters. The van der Waals surface area contributed by atoms with Gasteiger partial charge >= 0.3 is 0 Å². The predicted octanol–water partition coefficient (Wildman–Crippen LogP) is -0.558. The van der Waals surface area contributed by atoms with Crippen molar-refractivity contribution >= 4 is 15.8 Å². The molecular formula is C9H18N4O3S. The third-order valence-electron chi connectivity index (χ3n) is 2.52. The van der Waals surface area contributed by atoms with Gasteiger partial charge in [-0.3, -0.25) is 4.68 Å². The van der Waals surface area contributed by atoms with Crippen LogP contribution in [0.4, 0.5) is 5.82 Å². The molecule has 0 amide bonds. The van der Waals surface area contributed by atoms with Gasteiger partial charge in [0.05, 0.1) is 5.60 Å². The van der Waals surface area contributed by atoms with Crippen molar-refractivity contribution in [1.82, 2.24) is 14.5 Å². The van der Waals surface area contributed by atoms with Crippen molar-refractivity contribution < 1.29 is 13.5 Å². The largest absolute Gasteiger partial charge is 0.389 e. The Morgan fingerprint density at radius 2 is 2.24 bits per heavy atom. The molecule has 0 aliphatic rings. The van der Waals surface area contributed by atoms with Crippen LogP contribution in [-0.2, 0) is 17.1 Å². The highest BCUT2D eigenvalue weighted by molar-refractivity contribution is 7.89. The molecule has 1 atom stereocenters. The van der Waals surface area contributed by atoms with Gasteiger partial charge in [0.1, 0.15) is 4.90 Å². The van der Waals surface area contributed by atoms with Gasteiger partial charge in [-0.15, -0.1) is 0 Å². The van der Waals surface area contributed by atoms with Crippen LogP contribution in [0.5, 0.6) is 0 Å². The molecule has 0 radical (unpaired) electrons. The van der Waals surface area contributed by atoms with E-state index in [9.17, 15) is 13.5 Å². The summed E-state index contributed by atoms with van der Waals surface area (Å²) in [5, 5.41) is 13.5. The van der Waals surface area contributed by atoms with Crippen molar-refractivity contribution in [3.63, 3.8) is 0 Å². The van der Waals surface area contributed by atoms with Crippen LogP contribution in [0.3, 0.4) is 0 Å². The molecule has 0 spiro atoms. The lowest BCUT2D eigenvalue weighted by Crippen LogP contribution is -2.40. The first-order valence-corrected chi connectivity index (χ1v) is 6.67. The van der Waals surface area contributed by atoms with Crippen molar-refractivity contribution in [2.75, 3.05) is 12.3 Å². The number of aryl methyl sites for hydroxylation is 1. The summed E-state index contributed by atoms with van der Waals surface area (Å²) in [6.45, 7) is 3.26. The van der Waals surface area contributed by atoms with Crippen LogP contribution < -0.4 is 10.5 Å². The minimum atomic E-state index is -3.73. The monoisotopic (exact) mass is 262 g/mol. The third-order valence-corrected chi connectivity index (χ3v) is 3.93. The Morgan fingerprint density at radius 3 is 2.65 bits per heavy atom. The van der Waals surface area contributed by atoms with E-state index < -0.39 is 15.6 Å². The fourth-order valence-corrected chi connectivity index (χ4v) is 2.41. The van der Waals surface area contributed by atoms with E-state index in [0.29, 0.717) is 6.42 Å². The Bertz CT molecular complexity index is 492. The summed E-state index contributed by atoms with van der Waals surface area (Å²) in [5.41, 5.74) is 4.41. The second kappa shape index (κ2) is 4.63. The Balaban J connectivity index is 2.87. The molecule has 98 valence electrons. The Morgan fingerprint density at radius 1 is 1.65 bits per heavy atom. The smallest absolute Gasteiger partial charge is 0.245 e. The maximum atomic E-state index is 11.9. The van der Waals surface area contributed by atoms with Crippen LogP contribution in [0.1, 0.15) is 20.3 Å². The van der Waals surface area contributed by atoms with Gasteiger partial charge in [-0.05, 0) is 13.3 Å². The Hall–Kier alpha value is -1.12. The summed E-state index contributed by atoms with van der Waals surface area (Å²) in [7, 11) is -2.15. The van der Waals surface area contributed by atoms with E-state index in [4.69, 9.17) is 5.73 Å². The van der Waals surface area contributed by atoms with Gasteiger partial charge in [0, 0.05) is 19.8 Å². The van der Waals surface area contributed by atoms with Crippen LogP contribution >= 0.6 is 0 Å². The quantitative estimate of drug-likeness (QED) is 0.659. The highest BCUT2D eigenvalue weighted by atomic mass is 32.2. The number of sulfonamides is 1. The molecule has 0 saturated heterocycles. The molecule has 0 saturated carbocycles. The minimum absolute atomic E-state index is 0.0591. The van der Waals surface area contributed by atoms with Gasteiger partial charge in [0.25, 0.3) is 0 Å². The van der Waals surface area contributed by atoms with Crippen LogP contribution in [-0.4, -0.2) is 35.5 Å². The van der Waals surface area contributed by atoms with E-state index in [0.717, 1.165) is 0 Å². The maximum Gasteiger partial charge on any atom is 0.245 e. The van der Waals surface area contributed by atoms with Crippen molar-refractivity contribution in [2.45, 2.75) is 30.8 Å². The van der Waals surface area contributed by atoms with E-state index in [1.165, 1.54) is 10.9 Å². The number of nitrogens with zero attached hydrogens (tertiary/aromatic N) is 2. The normalized spacial score (nSPS) is 15.8. The first-order chi connectivity index (χ1) is 7.68. The number of hydrogen-bond acceptors (Lipinski definition) is 5. The molecule has 1 heterocycles. The SMILES string of the molecule is CCC(C)(O)CNS(=O)(=O)c1cn(C)nc1N. The molecule has 4 N–H and O–H groups in total. The molecule has 7 nitrogen and oxygen atoms in total. The standard InChI is InChI=1S/C9H18N4O3S/c1-4-9(2,14)6-11-17(15,16)7-5-13(3)12-8(7)10/h5,11,14H,4,6H2,1-3H3,(H2,10,12). The van der Waals surface area contributed by atoms with E-state index >= 15 is 0 Å². The number of rotatable bonds is 5. The second-order valence-electron chi connectivity index (χ2n) is 4.23. The lowest BCUT2D eigenvalue weighted by atomic mass is 10.1. The summed E-state index contributed by atoms with van der Waals surface area (Å²) in [5.74, 6) is -0.0591. The third kappa shape index (κ3) is 3.42. The molecule has 1 aromatic rings. The molecule has 0 fully saturated rings. The van der Waals surface area contributed by atoms with Crippen LogP contribution in [0.15, 0.2) is 11.1 Å². The van der Waals surface area contributed by atoms with E-state index in [1.807, 2.05) is 0 Å². The molecule has 0 aliphatic carbocycles. The number of nitrogens with one attached hydrogen (secondary N) is 1. The molecule has 1 aromatic heterocycles. The van der Waals surface area contributed by atoms with Crippen molar-refractivity contribution in [2.24, 2.45) is 7.05 Å². The van der Waals surface area contributed by atoms with Crippen LogP contribution in [0.25, 0.3) is 0 Å². The van der Waals surface area contributed by atoms with E-state index in [2.05, 4.69) is 9.82 Å².